The van der Waals surface area contributed by atoms with E-state index in [2.05, 4.69) is 29.2 Å². The minimum absolute atomic E-state index is 0.581. The summed E-state index contributed by atoms with van der Waals surface area (Å²) < 4.78 is 0. The standard InChI is InChI=1S/C11H14N2S/c1-8(7-14-2)11-5-9-6-12-4-3-10(9)13-11/h3-6,8,13H,7H2,1-2H3. The third kappa shape index (κ3) is 1.77. The van der Waals surface area contributed by atoms with Gasteiger partial charge in [-0.05, 0) is 18.4 Å². The second kappa shape index (κ2) is 4.05. The zero-order valence-corrected chi connectivity index (χ0v) is 9.27. The molecule has 0 aliphatic rings. The number of hydrogen-bond acceptors (Lipinski definition) is 2. The third-order valence-corrected chi connectivity index (χ3v) is 3.22. The smallest absolute Gasteiger partial charge is 0.0487 e. The zero-order chi connectivity index (χ0) is 9.97. The number of hydrogen-bond donors (Lipinski definition) is 1. The summed E-state index contributed by atoms with van der Waals surface area (Å²) >= 11 is 1.88. The van der Waals surface area contributed by atoms with Gasteiger partial charge in [0.05, 0.1) is 0 Å². The molecule has 14 heavy (non-hydrogen) atoms. The van der Waals surface area contributed by atoms with Crippen LogP contribution in [0.4, 0.5) is 0 Å². The van der Waals surface area contributed by atoms with Gasteiger partial charge in [0.15, 0.2) is 0 Å². The van der Waals surface area contributed by atoms with Crippen LogP contribution in [0.25, 0.3) is 10.9 Å². The van der Waals surface area contributed by atoms with E-state index >= 15 is 0 Å². The summed E-state index contributed by atoms with van der Waals surface area (Å²) in [5.74, 6) is 1.73. The monoisotopic (exact) mass is 206 g/mol. The van der Waals surface area contributed by atoms with Crippen LogP contribution in [-0.2, 0) is 0 Å². The molecule has 0 fully saturated rings. The van der Waals surface area contributed by atoms with Crippen LogP contribution in [-0.4, -0.2) is 22.0 Å². The van der Waals surface area contributed by atoms with E-state index in [1.807, 2.05) is 30.2 Å². The first-order valence-corrected chi connectivity index (χ1v) is 6.12. The Labute approximate surface area is 88.1 Å². The summed E-state index contributed by atoms with van der Waals surface area (Å²) in [6.07, 6.45) is 5.86. The van der Waals surface area contributed by atoms with Gasteiger partial charge in [-0.15, -0.1) is 0 Å². The molecule has 2 aromatic heterocycles. The fraction of sp³-hybridized carbons (Fsp3) is 0.364. The number of H-pyrrole nitrogens is 1. The molecule has 0 saturated carbocycles. The minimum atomic E-state index is 0.581. The maximum absolute atomic E-state index is 4.11. The molecule has 0 aliphatic carbocycles. The zero-order valence-electron chi connectivity index (χ0n) is 8.45. The van der Waals surface area contributed by atoms with Gasteiger partial charge in [0, 0.05) is 40.7 Å². The average Bonchev–Trinajstić information content (AvgIpc) is 2.61. The second-order valence-corrected chi connectivity index (χ2v) is 4.45. The quantitative estimate of drug-likeness (QED) is 0.836. The first kappa shape index (κ1) is 9.59. The summed E-state index contributed by atoms with van der Waals surface area (Å²) in [6.45, 7) is 2.24. The Bertz CT molecular complexity index is 389. The highest BCUT2D eigenvalue weighted by atomic mass is 32.2. The Morgan fingerprint density at radius 1 is 1.57 bits per heavy atom. The van der Waals surface area contributed by atoms with Gasteiger partial charge in [-0.2, -0.15) is 11.8 Å². The molecule has 0 bridgehead atoms. The summed E-state index contributed by atoms with van der Waals surface area (Å²) in [7, 11) is 0. The van der Waals surface area contributed by atoms with Crippen LogP contribution >= 0.6 is 11.8 Å². The number of aromatic nitrogens is 2. The molecule has 0 amide bonds. The maximum atomic E-state index is 4.11. The fourth-order valence-electron chi connectivity index (χ4n) is 1.60. The lowest BCUT2D eigenvalue weighted by molar-refractivity contribution is 0.850. The topological polar surface area (TPSA) is 28.7 Å². The lowest BCUT2D eigenvalue weighted by Gasteiger charge is -2.05. The van der Waals surface area contributed by atoms with Crippen molar-refractivity contribution < 1.29 is 0 Å². The van der Waals surface area contributed by atoms with E-state index in [0.717, 1.165) is 5.75 Å². The molecule has 1 atom stereocenters. The molecule has 74 valence electrons. The Hall–Kier alpha value is -0.960. The van der Waals surface area contributed by atoms with Crippen molar-refractivity contribution in [3.63, 3.8) is 0 Å². The molecule has 0 saturated heterocycles. The first-order chi connectivity index (χ1) is 6.81. The molecule has 0 spiro atoms. The van der Waals surface area contributed by atoms with Crippen molar-refractivity contribution in [3.8, 4) is 0 Å². The number of nitrogens with zero attached hydrogens (tertiary/aromatic N) is 1. The van der Waals surface area contributed by atoms with Gasteiger partial charge in [0.25, 0.3) is 0 Å². The van der Waals surface area contributed by atoms with Crippen LogP contribution in [0.2, 0.25) is 0 Å². The van der Waals surface area contributed by atoms with Crippen molar-refractivity contribution in [3.05, 3.63) is 30.2 Å². The molecule has 0 radical (unpaired) electrons. The Morgan fingerprint density at radius 2 is 2.43 bits per heavy atom. The number of nitrogens with one attached hydrogen (secondary N) is 1. The Balaban J connectivity index is 2.35. The van der Waals surface area contributed by atoms with Gasteiger partial charge >= 0.3 is 0 Å². The lowest BCUT2D eigenvalue weighted by atomic mass is 10.1. The summed E-state index contributed by atoms with van der Waals surface area (Å²) in [5, 5.41) is 1.20. The first-order valence-electron chi connectivity index (χ1n) is 4.73. The number of rotatable bonds is 3. The molecular weight excluding hydrogens is 192 g/mol. The molecule has 0 aliphatic heterocycles. The average molecular weight is 206 g/mol. The van der Waals surface area contributed by atoms with Crippen LogP contribution in [0.15, 0.2) is 24.5 Å². The molecule has 2 heterocycles. The minimum Gasteiger partial charge on any atom is -0.358 e. The molecular formula is C11H14N2S. The van der Waals surface area contributed by atoms with E-state index in [-0.39, 0.29) is 0 Å². The fourth-order valence-corrected chi connectivity index (χ4v) is 2.28. The van der Waals surface area contributed by atoms with E-state index in [0.29, 0.717) is 5.92 Å². The van der Waals surface area contributed by atoms with Crippen LogP contribution in [0.1, 0.15) is 18.5 Å². The van der Waals surface area contributed by atoms with Gasteiger partial charge < -0.3 is 4.98 Å². The van der Waals surface area contributed by atoms with Gasteiger partial charge in [-0.1, -0.05) is 6.92 Å². The molecule has 2 nitrogen and oxygen atoms in total. The largest absolute Gasteiger partial charge is 0.358 e. The van der Waals surface area contributed by atoms with Crippen LogP contribution in [0.3, 0.4) is 0 Å². The van der Waals surface area contributed by atoms with Crippen molar-refractivity contribution >= 4 is 22.7 Å². The van der Waals surface area contributed by atoms with Crippen LogP contribution in [0, 0.1) is 0 Å². The molecule has 2 rings (SSSR count). The number of pyridine rings is 1. The Kier molecular flexibility index (Phi) is 2.77. The summed E-state index contributed by atoms with van der Waals surface area (Å²) in [5.41, 5.74) is 2.49. The summed E-state index contributed by atoms with van der Waals surface area (Å²) in [4.78, 5) is 7.53. The van der Waals surface area contributed by atoms with Gasteiger partial charge in [0.1, 0.15) is 0 Å². The number of fused-ring (bicyclic) bond motifs is 1. The van der Waals surface area contributed by atoms with Gasteiger partial charge in [0.2, 0.25) is 0 Å². The molecule has 0 aromatic carbocycles. The second-order valence-electron chi connectivity index (χ2n) is 3.54. The molecule has 1 N–H and O–H groups in total. The van der Waals surface area contributed by atoms with Gasteiger partial charge in [-0.25, -0.2) is 0 Å². The molecule has 2 aromatic rings. The lowest BCUT2D eigenvalue weighted by Crippen LogP contribution is -1.95. The highest BCUT2D eigenvalue weighted by molar-refractivity contribution is 7.98. The van der Waals surface area contributed by atoms with E-state index in [1.165, 1.54) is 16.6 Å². The van der Waals surface area contributed by atoms with E-state index in [1.54, 1.807) is 0 Å². The predicted octanol–water partition coefficient (Wildman–Crippen LogP) is 3.03. The third-order valence-electron chi connectivity index (χ3n) is 2.39. The highest BCUT2D eigenvalue weighted by Crippen LogP contribution is 2.22. The normalized spacial score (nSPS) is 13.3. The number of thioether (sulfide) groups is 1. The van der Waals surface area contributed by atoms with E-state index < -0.39 is 0 Å². The van der Waals surface area contributed by atoms with Crippen LogP contribution in [0.5, 0.6) is 0 Å². The van der Waals surface area contributed by atoms with Crippen LogP contribution < -0.4 is 0 Å². The SMILES string of the molecule is CSCC(C)c1cc2cnccc2[nH]1. The van der Waals surface area contributed by atoms with E-state index in [9.17, 15) is 0 Å². The molecule has 1 unspecified atom stereocenters. The maximum Gasteiger partial charge on any atom is 0.0487 e. The Morgan fingerprint density at radius 3 is 3.14 bits per heavy atom. The van der Waals surface area contributed by atoms with Crippen molar-refractivity contribution in [2.24, 2.45) is 0 Å². The van der Waals surface area contributed by atoms with Crippen molar-refractivity contribution in [2.45, 2.75) is 12.8 Å². The van der Waals surface area contributed by atoms with E-state index in [4.69, 9.17) is 0 Å². The van der Waals surface area contributed by atoms with Gasteiger partial charge in [-0.3, -0.25) is 4.98 Å². The summed E-state index contributed by atoms with van der Waals surface area (Å²) in [6, 6.07) is 4.22. The molecule has 3 heteroatoms. The number of aromatic amines is 1. The predicted molar refractivity (Wildman–Crippen MR) is 62.9 cm³/mol. The highest BCUT2D eigenvalue weighted by Gasteiger charge is 2.07. The van der Waals surface area contributed by atoms with Crippen molar-refractivity contribution in [1.29, 1.82) is 0 Å². The van der Waals surface area contributed by atoms with Crippen molar-refractivity contribution in [2.75, 3.05) is 12.0 Å². The van der Waals surface area contributed by atoms with Crippen molar-refractivity contribution in [1.82, 2.24) is 9.97 Å².